The molecule has 2 unspecified atom stereocenters. The summed E-state index contributed by atoms with van der Waals surface area (Å²) in [4.78, 5) is 25.4. The molecule has 1 heterocycles. The van der Waals surface area contributed by atoms with Gasteiger partial charge in [0.2, 0.25) is 5.91 Å². The summed E-state index contributed by atoms with van der Waals surface area (Å²) < 4.78 is 3.89. The van der Waals surface area contributed by atoms with Gasteiger partial charge in [0.15, 0.2) is 5.78 Å². The smallest absolute Gasteiger partial charge is 0.231 e. The van der Waals surface area contributed by atoms with Crippen LogP contribution in [0.3, 0.4) is 0 Å². The van der Waals surface area contributed by atoms with E-state index in [1.165, 1.54) is 0 Å². The second kappa shape index (κ2) is 8.33. The molecular weight excluding hydrogens is 468 g/mol. The molecule has 2 atom stereocenters. The lowest BCUT2D eigenvalue weighted by Gasteiger charge is -2.25. The molecule has 2 aliphatic rings. The molecule has 4 nitrogen and oxygen atoms in total. The van der Waals surface area contributed by atoms with E-state index in [1.807, 2.05) is 19.1 Å². The number of hydrogen-bond donors (Lipinski definition) is 1. The third-order valence-corrected chi connectivity index (χ3v) is 6.96. The van der Waals surface area contributed by atoms with Gasteiger partial charge in [-0.05, 0) is 48.4 Å². The number of anilines is 1. The Hall–Kier alpha value is -1.30. The fourth-order valence-corrected chi connectivity index (χ4v) is 5.17. The number of carbonyl (C=O) groups is 2. The summed E-state index contributed by atoms with van der Waals surface area (Å²) in [6.07, 6.45) is 0.363. The molecule has 0 bridgehead atoms. The molecule has 30 heavy (non-hydrogen) atoms. The van der Waals surface area contributed by atoms with Gasteiger partial charge >= 0.3 is 0 Å². The van der Waals surface area contributed by atoms with Crippen molar-refractivity contribution in [2.75, 3.05) is 18.5 Å². The van der Waals surface area contributed by atoms with Crippen LogP contribution >= 0.6 is 46.4 Å². The molecule has 1 N–H and O–H groups in total. The number of halogens is 4. The minimum atomic E-state index is -1.23. The lowest BCUT2D eigenvalue weighted by atomic mass is 9.96. The van der Waals surface area contributed by atoms with Crippen molar-refractivity contribution in [3.05, 3.63) is 63.1 Å². The molecule has 2 aromatic rings. The van der Waals surface area contributed by atoms with Crippen LogP contribution in [0.15, 0.2) is 36.4 Å². The Labute approximate surface area is 194 Å². The molecule has 158 valence electrons. The molecule has 8 heteroatoms. The Morgan fingerprint density at radius 3 is 2.50 bits per heavy atom. The van der Waals surface area contributed by atoms with Crippen LogP contribution < -0.4 is 5.32 Å². The lowest BCUT2D eigenvalue weighted by Crippen LogP contribution is -2.29. The first-order valence-electron chi connectivity index (χ1n) is 9.53. The highest BCUT2D eigenvalue weighted by atomic mass is 35.5. The first-order valence-corrected chi connectivity index (χ1v) is 11.0. The van der Waals surface area contributed by atoms with Crippen molar-refractivity contribution in [1.82, 2.24) is 0 Å². The topological polar surface area (TPSA) is 55.4 Å². The van der Waals surface area contributed by atoms with Gasteiger partial charge in [-0.1, -0.05) is 29.3 Å². The minimum Gasteiger partial charge on any atom is -0.381 e. The van der Waals surface area contributed by atoms with Gasteiger partial charge in [-0.25, -0.2) is 0 Å². The fraction of sp³-hybridized carbons (Fsp3) is 0.364. The Kier molecular flexibility index (Phi) is 6.08. The summed E-state index contributed by atoms with van der Waals surface area (Å²) in [5.74, 6) is -1.19. The maximum Gasteiger partial charge on any atom is 0.231 e. The van der Waals surface area contributed by atoms with Gasteiger partial charge in [0.05, 0.1) is 24.2 Å². The van der Waals surface area contributed by atoms with Crippen molar-refractivity contribution in [2.45, 2.75) is 23.6 Å². The number of ether oxygens (including phenoxy) is 1. The number of hydrogen-bond acceptors (Lipinski definition) is 3. The maximum atomic E-state index is 12.9. The summed E-state index contributed by atoms with van der Waals surface area (Å²) in [5, 5.41) is 3.73. The molecule has 0 radical (unpaired) electrons. The molecule has 0 spiro atoms. The summed E-state index contributed by atoms with van der Waals surface area (Å²) in [6, 6.07) is 10.4. The van der Waals surface area contributed by atoms with Crippen LogP contribution in [0.25, 0.3) is 0 Å². The fourth-order valence-electron chi connectivity index (χ4n) is 3.82. The molecule has 1 amide bonds. The van der Waals surface area contributed by atoms with E-state index in [0.717, 1.165) is 11.1 Å². The SMILES string of the molecule is Cc1cc(Cl)cc(C2C(C(=O)Nc3ccc(Cl)c(C(=O)CC4COC4)c3)C2(Cl)Cl)c1. The third kappa shape index (κ3) is 4.35. The van der Waals surface area contributed by atoms with Crippen LogP contribution in [0.2, 0.25) is 10.0 Å². The highest BCUT2D eigenvalue weighted by molar-refractivity contribution is 6.53. The van der Waals surface area contributed by atoms with Crippen molar-refractivity contribution in [1.29, 1.82) is 0 Å². The largest absolute Gasteiger partial charge is 0.381 e. The molecule has 1 aliphatic carbocycles. The average molecular weight is 487 g/mol. The molecular formula is C22H19Cl4NO3. The lowest BCUT2D eigenvalue weighted by molar-refractivity contribution is -0.117. The van der Waals surface area contributed by atoms with E-state index < -0.39 is 10.3 Å². The number of nitrogens with one attached hydrogen (secondary N) is 1. The molecule has 2 aromatic carbocycles. The van der Waals surface area contributed by atoms with Gasteiger partial charge in [0.1, 0.15) is 4.33 Å². The Balaban J connectivity index is 1.49. The van der Waals surface area contributed by atoms with Crippen LogP contribution in [0.4, 0.5) is 5.69 Å². The normalized spacial score (nSPS) is 22.3. The average Bonchev–Trinajstić information content (AvgIpc) is 3.21. The molecule has 4 rings (SSSR count). The minimum absolute atomic E-state index is 0.0767. The first kappa shape index (κ1) is 21.9. The highest BCUT2D eigenvalue weighted by Crippen LogP contribution is 2.65. The van der Waals surface area contributed by atoms with Crippen LogP contribution in [-0.2, 0) is 9.53 Å². The first-order chi connectivity index (χ1) is 14.2. The number of ketones is 1. The summed E-state index contributed by atoms with van der Waals surface area (Å²) in [6.45, 7) is 3.08. The van der Waals surface area contributed by atoms with Crippen LogP contribution in [0.1, 0.15) is 33.8 Å². The van der Waals surface area contributed by atoms with Gasteiger partial charge in [-0.15, -0.1) is 23.2 Å². The third-order valence-electron chi connectivity index (χ3n) is 5.48. The molecule has 1 saturated heterocycles. The van der Waals surface area contributed by atoms with E-state index in [1.54, 1.807) is 24.3 Å². The Bertz CT molecular complexity index is 999. The van der Waals surface area contributed by atoms with Crippen LogP contribution in [0, 0.1) is 18.8 Å². The maximum absolute atomic E-state index is 12.9. The number of Topliss-reactive ketones (excluding diaryl/α,β-unsaturated/α-hetero) is 1. The monoisotopic (exact) mass is 485 g/mol. The number of amides is 1. The van der Waals surface area contributed by atoms with Crippen molar-refractivity contribution < 1.29 is 14.3 Å². The van der Waals surface area contributed by atoms with Crippen LogP contribution in [0.5, 0.6) is 0 Å². The van der Waals surface area contributed by atoms with E-state index in [9.17, 15) is 9.59 Å². The highest BCUT2D eigenvalue weighted by Gasteiger charge is 2.67. The zero-order valence-electron chi connectivity index (χ0n) is 16.1. The molecule has 2 fully saturated rings. The van der Waals surface area contributed by atoms with E-state index in [4.69, 9.17) is 51.1 Å². The quantitative estimate of drug-likeness (QED) is 0.399. The van der Waals surface area contributed by atoms with E-state index in [-0.39, 0.29) is 23.5 Å². The van der Waals surface area contributed by atoms with Crippen molar-refractivity contribution in [2.24, 2.45) is 11.8 Å². The Morgan fingerprint density at radius 1 is 1.13 bits per heavy atom. The van der Waals surface area contributed by atoms with Crippen LogP contribution in [-0.4, -0.2) is 29.2 Å². The van der Waals surface area contributed by atoms with Gasteiger partial charge in [-0.3, -0.25) is 9.59 Å². The Morgan fingerprint density at radius 2 is 1.87 bits per heavy atom. The standard InChI is InChI=1S/C22H19Cl4NO3/c1-11-4-13(7-14(23)5-11)19-20(22(19,25)26)21(29)27-15-2-3-17(24)16(8-15)18(28)6-12-9-30-10-12/h2-5,7-8,12,19-20H,6,9-10H2,1H3,(H,27,29). The number of aryl methyl sites for hydroxylation is 1. The number of carbonyl (C=O) groups excluding carboxylic acids is 2. The van der Waals surface area contributed by atoms with E-state index in [2.05, 4.69) is 5.32 Å². The predicted octanol–water partition coefficient (Wildman–Crippen LogP) is 6.05. The molecule has 1 saturated carbocycles. The molecule has 1 aliphatic heterocycles. The van der Waals surface area contributed by atoms with Gasteiger partial charge < -0.3 is 10.1 Å². The summed E-state index contributed by atoms with van der Waals surface area (Å²) in [7, 11) is 0. The second-order valence-corrected chi connectivity index (χ2v) is 10.2. The van der Waals surface area contributed by atoms with E-state index >= 15 is 0 Å². The number of benzene rings is 2. The van der Waals surface area contributed by atoms with E-state index in [0.29, 0.717) is 40.9 Å². The van der Waals surface area contributed by atoms with Crippen molar-refractivity contribution in [3.63, 3.8) is 0 Å². The zero-order valence-corrected chi connectivity index (χ0v) is 19.1. The summed E-state index contributed by atoms with van der Waals surface area (Å²) >= 11 is 25.2. The number of rotatable bonds is 6. The van der Waals surface area contributed by atoms with Crippen molar-refractivity contribution in [3.8, 4) is 0 Å². The summed E-state index contributed by atoms with van der Waals surface area (Å²) in [5.41, 5.74) is 2.63. The number of alkyl halides is 2. The predicted molar refractivity (Wildman–Crippen MR) is 120 cm³/mol. The van der Waals surface area contributed by atoms with Crippen molar-refractivity contribution >= 4 is 63.8 Å². The zero-order chi connectivity index (χ0) is 21.6. The second-order valence-electron chi connectivity index (χ2n) is 7.91. The molecule has 0 aromatic heterocycles. The van der Waals surface area contributed by atoms with Gasteiger partial charge in [0.25, 0.3) is 0 Å². The van der Waals surface area contributed by atoms with Gasteiger partial charge in [-0.2, -0.15) is 0 Å². The van der Waals surface area contributed by atoms with Gasteiger partial charge in [0, 0.05) is 34.5 Å².